The lowest BCUT2D eigenvalue weighted by Crippen LogP contribution is -2.32. The second-order valence-electron chi connectivity index (χ2n) is 2.39. The Balaban J connectivity index is 0.000000640. The van der Waals surface area contributed by atoms with E-state index in [-0.39, 0.29) is 18.5 Å². The van der Waals surface area contributed by atoms with Crippen LogP contribution in [-0.2, 0) is 0 Å². The molecule has 2 atom stereocenters. The summed E-state index contributed by atoms with van der Waals surface area (Å²) < 4.78 is 0. The number of likely N-dealkylation sites (N-methyl/N-ethyl adjacent to an activating group) is 1. The van der Waals surface area contributed by atoms with E-state index < -0.39 is 0 Å². The number of halogens is 1. The van der Waals surface area contributed by atoms with Gasteiger partial charge in [-0.25, -0.2) is 0 Å². The number of aliphatic hydroxyl groups excluding tert-OH is 1. The van der Waals surface area contributed by atoms with Crippen LogP contribution in [0.25, 0.3) is 0 Å². The fraction of sp³-hybridized carbons (Fsp3) is 1.00. The first-order valence-corrected chi connectivity index (χ1v) is 3.20. The highest BCUT2D eigenvalue weighted by Gasteiger charge is 2.22. The van der Waals surface area contributed by atoms with Crippen LogP contribution in [-0.4, -0.2) is 24.3 Å². The van der Waals surface area contributed by atoms with Gasteiger partial charge < -0.3 is 10.4 Å². The second kappa shape index (κ2) is 4.09. The first-order valence-electron chi connectivity index (χ1n) is 3.20. The van der Waals surface area contributed by atoms with Crippen molar-refractivity contribution in [3.8, 4) is 0 Å². The molecule has 0 amide bonds. The molecule has 1 aliphatic rings. The smallest absolute Gasteiger partial charge is 0.0693 e. The Kier molecular flexibility index (Phi) is 4.19. The van der Waals surface area contributed by atoms with Crippen LogP contribution in [0.15, 0.2) is 0 Å². The number of aliphatic hydroxyl groups is 1. The van der Waals surface area contributed by atoms with E-state index in [0.717, 1.165) is 12.8 Å². The van der Waals surface area contributed by atoms with Crippen molar-refractivity contribution in [1.82, 2.24) is 5.32 Å². The van der Waals surface area contributed by atoms with Gasteiger partial charge >= 0.3 is 0 Å². The molecule has 0 aromatic heterocycles. The number of rotatable bonds is 1. The normalized spacial score (nSPS) is 34.0. The van der Waals surface area contributed by atoms with E-state index in [2.05, 4.69) is 5.32 Å². The maximum absolute atomic E-state index is 9.13. The molecule has 3 heteroatoms. The average molecular weight is 152 g/mol. The van der Waals surface area contributed by atoms with Crippen molar-refractivity contribution in [2.24, 2.45) is 0 Å². The van der Waals surface area contributed by atoms with Gasteiger partial charge in [0.2, 0.25) is 0 Å². The molecule has 0 spiro atoms. The van der Waals surface area contributed by atoms with Crippen LogP contribution in [0.2, 0.25) is 0 Å². The summed E-state index contributed by atoms with van der Waals surface area (Å²) in [5.41, 5.74) is 0. The van der Waals surface area contributed by atoms with Crippen LogP contribution in [0.4, 0.5) is 0 Å². The Morgan fingerprint density at radius 2 is 2.11 bits per heavy atom. The zero-order valence-corrected chi connectivity index (χ0v) is 6.45. The quantitative estimate of drug-likeness (QED) is 0.574. The van der Waals surface area contributed by atoms with Crippen LogP contribution in [0.3, 0.4) is 0 Å². The maximum atomic E-state index is 9.13. The van der Waals surface area contributed by atoms with Gasteiger partial charge in [0.1, 0.15) is 0 Å². The average Bonchev–Trinajstić information content (AvgIpc) is 2.14. The van der Waals surface area contributed by atoms with Gasteiger partial charge in [0, 0.05) is 6.04 Å². The Morgan fingerprint density at radius 3 is 2.33 bits per heavy atom. The zero-order chi connectivity index (χ0) is 5.98. The molecule has 0 aliphatic heterocycles. The first kappa shape index (κ1) is 9.21. The van der Waals surface area contributed by atoms with Gasteiger partial charge in [-0.3, -0.25) is 0 Å². The minimum atomic E-state index is -0.0833. The monoisotopic (exact) mass is 151 g/mol. The second-order valence-corrected chi connectivity index (χ2v) is 2.39. The van der Waals surface area contributed by atoms with Crippen molar-refractivity contribution in [2.75, 3.05) is 7.05 Å². The minimum Gasteiger partial charge on any atom is -0.392 e. The summed E-state index contributed by atoms with van der Waals surface area (Å²) >= 11 is 0. The summed E-state index contributed by atoms with van der Waals surface area (Å²) in [6.45, 7) is 0. The highest BCUT2D eigenvalue weighted by Crippen LogP contribution is 2.17. The van der Waals surface area contributed by atoms with Crippen LogP contribution < -0.4 is 5.32 Å². The Morgan fingerprint density at radius 1 is 1.44 bits per heavy atom. The van der Waals surface area contributed by atoms with Gasteiger partial charge in [0.15, 0.2) is 0 Å². The number of nitrogens with one attached hydrogen (secondary N) is 1. The van der Waals surface area contributed by atoms with Gasteiger partial charge in [0.25, 0.3) is 0 Å². The third kappa shape index (κ3) is 2.12. The first-order chi connectivity index (χ1) is 3.84. The van der Waals surface area contributed by atoms with E-state index in [9.17, 15) is 0 Å². The molecule has 0 aromatic rings. The molecule has 0 saturated heterocycles. The molecule has 0 heterocycles. The lowest BCUT2D eigenvalue weighted by molar-refractivity contribution is 0.153. The number of hydrogen-bond acceptors (Lipinski definition) is 2. The van der Waals surface area contributed by atoms with Crippen molar-refractivity contribution in [3.05, 3.63) is 0 Å². The van der Waals surface area contributed by atoms with Crippen LogP contribution >= 0.6 is 12.4 Å². The molecule has 0 aromatic carbocycles. The molecule has 1 aliphatic carbocycles. The minimum absolute atomic E-state index is 0. The Labute approximate surface area is 62.1 Å². The molecule has 1 rings (SSSR count). The van der Waals surface area contributed by atoms with Crippen LogP contribution in [0.1, 0.15) is 19.3 Å². The molecular weight excluding hydrogens is 138 g/mol. The van der Waals surface area contributed by atoms with Gasteiger partial charge in [-0.15, -0.1) is 12.4 Å². The topological polar surface area (TPSA) is 32.3 Å². The molecule has 2 N–H and O–H groups in total. The van der Waals surface area contributed by atoms with E-state index in [0.29, 0.717) is 6.04 Å². The van der Waals surface area contributed by atoms with Crippen molar-refractivity contribution in [1.29, 1.82) is 0 Å². The number of hydrogen-bond donors (Lipinski definition) is 2. The Hall–Kier alpha value is 0.210. The highest BCUT2D eigenvalue weighted by atomic mass is 35.5. The zero-order valence-electron chi connectivity index (χ0n) is 5.63. The van der Waals surface area contributed by atoms with E-state index in [4.69, 9.17) is 5.11 Å². The van der Waals surface area contributed by atoms with Gasteiger partial charge in [0.05, 0.1) is 6.10 Å². The summed E-state index contributed by atoms with van der Waals surface area (Å²) in [6.07, 6.45) is 3.20. The molecule has 1 fully saturated rings. The lowest BCUT2D eigenvalue weighted by atomic mass is 10.2. The van der Waals surface area contributed by atoms with Crippen LogP contribution in [0, 0.1) is 0 Å². The lowest BCUT2D eigenvalue weighted by Gasteiger charge is -2.11. The van der Waals surface area contributed by atoms with Gasteiger partial charge in [-0.2, -0.15) is 0 Å². The van der Waals surface area contributed by atoms with Gasteiger partial charge in [-0.05, 0) is 26.3 Å². The maximum Gasteiger partial charge on any atom is 0.0693 e. The largest absolute Gasteiger partial charge is 0.392 e. The van der Waals surface area contributed by atoms with E-state index >= 15 is 0 Å². The summed E-state index contributed by atoms with van der Waals surface area (Å²) in [7, 11) is 1.90. The fourth-order valence-corrected chi connectivity index (χ4v) is 1.28. The van der Waals surface area contributed by atoms with E-state index in [1.807, 2.05) is 7.05 Å². The third-order valence-corrected chi connectivity index (χ3v) is 1.85. The molecule has 2 nitrogen and oxygen atoms in total. The highest BCUT2D eigenvalue weighted by molar-refractivity contribution is 5.85. The van der Waals surface area contributed by atoms with Gasteiger partial charge in [-0.1, -0.05) is 0 Å². The molecular formula is C6H14ClNO. The summed E-state index contributed by atoms with van der Waals surface area (Å²) in [5.74, 6) is 0. The molecule has 0 unspecified atom stereocenters. The molecule has 9 heavy (non-hydrogen) atoms. The summed E-state index contributed by atoms with van der Waals surface area (Å²) in [6, 6.07) is 0.370. The van der Waals surface area contributed by atoms with E-state index in [1.54, 1.807) is 0 Å². The fourth-order valence-electron chi connectivity index (χ4n) is 1.28. The van der Waals surface area contributed by atoms with Crippen molar-refractivity contribution in [3.63, 3.8) is 0 Å². The van der Waals surface area contributed by atoms with Crippen molar-refractivity contribution in [2.45, 2.75) is 31.4 Å². The summed E-state index contributed by atoms with van der Waals surface area (Å²) in [4.78, 5) is 0. The van der Waals surface area contributed by atoms with E-state index in [1.165, 1.54) is 6.42 Å². The summed E-state index contributed by atoms with van der Waals surface area (Å²) in [5, 5.41) is 12.2. The predicted octanol–water partition coefficient (Wildman–Crippen LogP) is 0.541. The standard InChI is InChI=1S/C6H13NO.ClH/c1-7-5-3-2-4-6(5)8;/h5-8H,2-4H2,1H3;1H/t5-,6-;/m1./s1. The molecule has 1 saturated carbocycles. The molecule has 0 radical (unpaired) electrons. The third-order valence-electron chi connectivity index (χ3n) is 1.85. The predicted molar refractivity (Wildman–Crippen MR) is 40.0 cm³/mol. The van der Waals surface area contributed by atoms with Crippen molar-refractivity contribution < 1.29 is 5.11 Å². The SMILES string of the molecule is CN[C@@H]1CCC[C@H]1O.Cl. The van der Waals surface area contributed by atoms with Crippen molar-refractivity contribution >= 4 is 12.4 Å². The van der Waals surface area contributed by atoms with Crippen LogP contribution in [0.5, 0.6) is 0 Å². The molecule has 0 bridgehead atoms. The molecule has 56 valence electrons. The Bertz CT molecular complexity index is 79.5.